The molecule has 0 radical (unpaired) electrons. The van der Waals surface area contributed by atoms with E-state index in [4.69, 9.17) is 4.74 Å². The van der Waals surface area contributed by atoms with Crippen LogP contribution in [0.2, 0.25) is 0 Å². The van der Waals surface area contributed by atoms with E-state index >= 15 is 0 Å². The van der Waals surface area contributed by atoms with Gasteiger partial charge in [0, 0.05) is 19.2 Å². The van der Waals surface area contributed by atoms with Crippen LogP contribution in [-0.2, 0) is 4.74 Å². The number of hydrogen-bond donors (Lipinski definition) is 1. The molecule has 1 atom stereocenters. The van der Waals surface area contributed by atoms with Gasteiger partial charge >= 0.3 is 0 Å². The summed E-state index contributed by atoms with van der Waals surface area (Å²) in [4.78, 5) is 2.75. The minimum absolute atomic E-state index is 0.652. The van der Waals surface area contributed by atoms with Gasteiger partial charge in [0.25, 0.3) is 0 Å². The zero-order valence-electron chi connectivity index (χ0n) is 13.6. The Morgan fingerprint density at radius 3 is 2.65 bits per heavy atom. The molecule has 2 rings (SSSR count). The summed E-state index contributed by atoms with van der Waals surface area (Å²) in [6.45, 7) is 11.2. The minimum atomic E-state index is 0.652. The van der Waals surface area contributed by atoms with Crippen LogP contribution in [0.4, 0.5) is 0 Å². The van der Waals surface area contributed by atoms with Crippen molar-refractivity contribution in [2.75, 3.05) is 39.4 Å². The fourth-order valence-corrected chi connectivity index (χ4v) is 3.73. The van der Waals surface area contributed by atoms with Gasteiger partial charge in [-0.15, -0.1) is 0 Å². The molecule has 0 aliphatic carbocycles. The summed E-state index contributed by atoms with van der Waals surface area (Å²) in [5.41, 5.74) is 0. The molecule has 1 unspecified atom stereocenters. The molecule has 0 saturated carbocycles. The second-order valence-electron chi connectivity index (χ2n) is 7.01. The Morgan fingerprint density at radius 1 is 1.10 bits per heavy atom. The summed E-state index contributed by atoms with van der Waals surface area (Å²) in [5.74, 6) is 1.57. The molecule has 0 aromatic carbocycles. The highest BCUT2D eigenvalue weighted by atomic mass is 16.5. The number of nitrogens with one attached hydrogen (secondary N) is 1. The zero-order chi connectivity index (χ0) is 14.2. The van der Waals surface area contributed by atoms with Gasteiger partial charge < -0.3 is 10.1 Å². The Kier molecular flexibility index (Phi) is 7.32. The number of rotatable bonds is 6. The summed E-state index contributed by atoms with van der Waals surface area (Å²) in [6.07, 6.45) is 8.38. The molecule has 1 N–H and O–H groups in total. The summed E-state index contributed by atoms with van der Waals surface area (Å²) in [5, 5.41) is 3.51. The molecule has 0 aromatic rings. The Bertz CT molecular complexity index is 251. The van der Waals surface area contributed by atoms with Crippen LogP contribution in [0.5, 0.6) is 0 Å². The van der Waals surface area contributed by atoms with Crippen LogP contribution < -0.4 is 5.32 Å². The lowest BCUT2D eigenvalue weighted by molar-refractivity contribution is 0.0547. The van der Waals surface area contributed by atoms with Crippen molar-refractivity contribution in [2.45, 2.75) is 58.4 Å². The van der Waals surface area contributed by atoms with Crippen LogP contribution in [0.3, 0.4) is 0 Å². The number of nitrogens with zero attached hydrogens (tertiary/aromatic N) is 1. The van der Waals surface area contributed by atoms with E-state index in [1.807, 2.05) is 0 Å². The van der Waals surface area contributed by atoms with E-state index in [9.17, 15) is 0 Å². The first kappa shape index (κ1) is 16.3. The van der Waals surface area contributed by atoms with Crippen molar-refractivity contribution in [3.63, 3.8) is 0 Å². The molecule has 2 saturated heterocycles. The highest BCUT2D eigenvalue weighted by Crippen LogP contribution is 2.28. The molecular formula is C17H34N2O. The third-order valence-electron chi connectivity index (χ3n) is 4.82. The van der Waals surface area contributed by atoms with E-state index in [-0.39, 0.29) is 0 Å². The Hall–Kier alpha value is -0.120. The van der Waals surface area contributed by atoms with Crippen molar-refractivity contribution in [1.82, 2.24) is 10.2 Å². The highest BCUT2D eigenvalue weighted by molar-refractivity contribution is 4.84. The average Bonchev–Trinajstić information content (AvgIpc) is 2.70. The molecule has 2 fully saturated rings. The second-order valence-corrected chi connectivity index (χ2v) is 7.01. The molecule has 2 heterocycles. The smallest absolute Gasteiger partial charge is 0.0593 e. The van der Waals surface area contributed by atoms with Gasteiger partial charge in [-0.2, -0.15) is 0 Å². The first-order valence-electron chi connectivity index (χ1n) is 8.80. The molecule has 0 aromatic heterocycles. The van der Waals surface area contributed by atoms with Gasteiger partial charge in [0.2, 0.25) is 0 Å². The van der Waals surface area contributed by atoms with Crippen LogP contribution in [0.15, 0.2) is 0 Å². The maximum absolute atomic E-state index is 5.82. The summed E-state index contributed by atoms with van der Waals surface area (Å²) in [6, 6.07) is 0.822. The molecule has 3 heteroatoms. The summed E-state index contributed by atoms with van der Waals surface area (Å²) < 4.78 is 5.82. The highest BCUT2D eigenvalue weighted by Gasteiger charge is 2.29. The van der Waals surface area contributed by atoms with Gasteiger partial charge in [0.1, 0.15) is 0 Å². The third kappa shape index (κ3) is 5.34. The second kappa shape index (κ2) is 9.01. The SMILES string of the molecule is CC(C)COCCN1CCCCCC1C1CCNCC1. The van der Waals surface area contributed by atoms with Crippen LogP contribution in [-0.4, -0.2) is 50.3 Å². The lowest BCUT2D eigenvalue weighted by atomic mass is 9.87. The van der Waals surface area contributed by atoms with Gasteiger partial charge in [0.05, 0.1) is 6.61 Å². The Morgan fingerprint density at radius 2 is 1.90 bits per heavy atom. The molecule has 0 spiro atoms. The van der Waals surface area contributed by atoms with Crippen LogP contribution in [0.25, 0.3) is 0 Å². The van der Waals surface area contributed by atoms with E-state index in [0.29, 0.717) is 5.92 Å². The predicted octanol–water partition coefficient (Wildman–Crippen LogP) is 2.90. The molecule has 20 heavy (non-hydrogen) atoms. The van der Waals surface area contributed by atoms with Crippen molar-refractivity contribution in [1.29, 1.82) is 0 Å². The van der Waals surface area contributed by atoms with Gasteiger partial charge in [0.15, 0.2) is 0 Å². The Balaban J connectivity index is 1.81. The molecule has 0 amide bonds. The quantitative estimate of drug-likeness (QED) is 0.758. The third-order valence-corrected chi connectivity index (χ3v) is 4.82. The van der Waals surface area contributed by atoms with Gasteiger partial charge in [-0.3, -0.25) is 4.90 Å². The van der Waals surface area contributed by atoms with E-state index in [2.05, 4.69) is 24.1 Å². The lowest BCUT2D eigenvalue weighted by Crippen LogP contribution is -2.45. The van der Waals surface area contributed by atoms with E-state index in [0.717, 1.165) is 31.7 Å². The minimum Gasteiger partial charge on any atom is -0.380 e. The monoisotopic (exact) mass is 282 g/mol. The van der Waals surface area contributed by atoms with Crippen molar-refractivity contribution < 1.29 is 4.74 Å². The standard InChI is InChI=1S/C17H34N2O/c1-15(2)14-20-13-12-19-11-5-3-4-6-17(19)16-7-9-18-10-8-16/h15-18H,3-14H2,1-2H3. The first-order valence-corrected chi connectivity index (χ1v) is 8.80. The molecule has 2 aliphatic rings. The molecule has 118 valence electrons. The van der Waals surface area contributed by atoms with Crippen molar-refractivity contribution >= 4 is 0 Å². The number of piperidine rings is 1. The van der Waals surface area contributed by atoms with Crippen LogP contribution >= 0.6 is 0 Å². The molecule has 3 nitrogen and oxygen atoms in total. The largest absolute Gasteiger partial charge is 0.380 e. The molecule has 2 aliphatic heterocycles. The maximum atomic E-state index is 5.82. The molecular weight excluding hydrogens is 248 g/mol. The van der Waals surface area contributed by atoms with Crippen molar-refractivity contribution in [3.05, 3.63) is 0 Å². The summed E-state index contributed by atoms with van der Waals surface area (Å²) >= 11 is 0. The van der Waals surface area contributed by atoms with Crippen molar-refractivity contribution in [3.8, 4) is 0 Å². The van der Waals surface area contributed by atoms with E-state index < -0.39 is 0 Å². The normalized spacial score (nSPS) is 26.9. The van der Waals surface area contributed by atoms with Crippen molar-refractivity contribution in [2.24, 2.45) is 11.8 Å². The maximum Gasteiger partial charge on any atom is 0.0593 e. The lowest BCUT2D eigenvalue weighted by Gasteiger charge is -2.38. The number of likely N-dealkylation sites (tertiary alicyclic amines) is 1. The fraction of sp³-hybridized carbons (Fsp3) is 1.00. The van der Waals surface area contributed by atoms with Crippen LogP contribution in [0.1, 0.15) is 52.4 Å². The zero-order valence-corrected chi connectivity index (χ0v) is 13.6. The Labute approximate surface area is 125 Å². The first-order chi connectivity index (χ1) is 9.77. The van der Waals surface area contributed by atoms with E-state index in [1.54, 1.807) is 0 Å². The molecule has 0 bridgehead atoms. The topological polar surface area (TPSA) is 24.5 Å². The number of hydrogen-bond acceptors (Lipinski definition) is 3. The predicted molar refractivity (Wildman–Crippen MR) is 85.1 cm³/mol. The van der Waals surface area contributed by atoms with Gasteiger partial charge in [-0.1, -0.05) is 26.7 Å². The summed E-state index contributed by atoms with van der Waals surface area (Å²) in [7, 11) is 0. The van der Waals surface area contributed by atoms with Crippen LogP contribution in [0, 0.1) is 11.8 Å². The van der Waals surface area contributed by atoms with Gasteiger partial charge in [-0.25, -0.2) is 0 Å². The van der Waals surface area contributed by atoms with E-state index in [1.165, 1.54) is 58.2 Å². The van der Waals surface area contributed by atoms with Gasteiger partial charge in [-0.05, 0) is 57.2 Å². The average molecular weight is 282 g/mol. The number of ether oxygens (including phenoxy) is 1. The fourth-order valence-electron chi connectivity index (χ4n) is 3.73.